The Bertz CT molecular complexity index is 1190. The maximum Gasteiger partial charge on any atom is 0.261 e. The predicted octanol–water partition coefficient (Wildman–Crippen LogP) is 2.72. The monoisotopic (exact) mass is 610 g/mol. The number of hydrogen-bond acceptors (Lipinski definition) is 9. The van der Waals surface area contributed by atoms with Crippen molar-refractivity contribution in [2.75, 3.05) is 65.0 Å². The third-order valence-corrected chi connectivity index (χ3v) is 6.97. The Morgan fingerprint density at radius 2 is 1.47 bits per heavy atom. The fraction of sp³-hybridized carbons (Fsp3) is 0.500. The summed E-state index contributed by atoms with van der Waals surface area (Å²) in [5.74, 6) is 0. The van der Waals surface area contributed by atoms with Gasteiger partial charge in [0.05, 0.1) is 31.8 Å². The summed E-state index contributed by atoms with van der Waals surface area (Å²) in [7, 11) is -7.33. The Morgan fingerprint density at radius 1 is 0.921 bits per heavy atom. The number of aliphatic hydroxyl groups is 1. The van der Waals surface area contributed by atoms with Crippen LogP contribution in [0, 0.1) is 0 Å². The van der Waals surface area contributed by atoms with E-state index in [0.29, 0.717) is 19.1 Å². The van der Waals surface area contributed by atoms with Crippen LogP contribution in [0.1, 0.15) is 17.2 Å². The molecule has 1 unspecified atom stereocenters. The van der Waals surface area contributed by atoms with E-state index in [4.69, 9.17) is 30.5 Å². The van der Waals surface area contributed by atoms with Crippen molar-refractivity contribution < 1.29 is 35.8 Å². The molecule has 38 heavy (non-hydrogen) atoms. The lowest BCUT2D eigenvalue weighted by atomic mass is 10.0. The third-order valence-electron chi connectivity index (χ3n) is 5.52. The molecule has 2 heterocycles. The molecule has 0 aromatic heterocycles. The van der Waals surface area contributed by atoms with Gasteiger partial charge < -0.3 is 9.84 Å². The van der Waals surface area contributed by atoms with Crippen molar-refractivity contribution in [1.29, 1.82) is 0 Å². The maximum absolute atomic E-state index is 9.19. The number of halogens is 1. The van der Waals surface area contributed by atoms with Gasteiger partial charge in [-0.05, 0) is 35.4 Å². The van der Waals surface area contributed by atoms with Gasteiger partial charge in [0.1, 0.15) is 0 Å². The summed E-state index contributed by atoms with van der Waals surface area (Å²) in [4.78, 5) is 7.30. The standard InChI is InChI=1S/C22H27ClN2O2S.2CH4O3S/c23-18-5-6-22-19(16-18)20(15-17-3-1-2-4-21(17)28-22)27-14-12-25-9-7-24(8-10-25)11-13-26;2*1-5(2,3)4/h1-6,16,20,26H,7-15H2;2*1H3,(H,2,3,4). The van der Waals surface area contributed by atoms with Crippen molar-refractivity contribution in [3.8, 4) is 0 Å². The van der Waals surface area contributed by atoms with Crippen molar-refractivity contribution in [2.45, 2.75) is 22.3 Å². The smallest absolute Gasteiger partial charge is 0.261 e. The molecule has 1 atom stereocenters. The molecule has 4 rings (SSSR count). The summed E-state index contributed by atoms with van der Waals surface area (Å²) < 4.78 is 58.1. The van der Waals surface area contributed by atoms with Crippen LogP contribution in [0.15, 0.2) is 52.3 Å². The van der Waals surface area contributed by atoms with Crippen molar-refractivity contribution in [2.24, 2.45) is 0 Å². The van der Waals surface area contributed by atoms with Crippen LogP contribution in [-0.4, -0.2) is 106 Å². The van der Waals surface area contributed by atoms with E-state index in [-0.39, 0.29) is 12.7 Å². The molecule has 2 aromatic rings. The SMILES string of the molecule is CS(=O)(=O)O.CS(=O)(=O)O.OCCN1CCN(CCOC2Cc3ccccc3Sc3ccc(Cl)cc32)CC1. The minimum atomic E-state index is -3.67. The molecule has 3 N–H and O–H groups in total. The summed E-state index contributed by atoms with van der Waals surface area (Å²) in [6.45, 7) is 6.79. The fourth-order valence-corrected chi connectivity index (χ4v) is 5.21. The van der Waals surface area contributed by atoms with Crippen LogP contribution >= 0.6 is 23.4 Å². The molecule has 0 saturated carbocycles. The van der Waals surface area contributed by atoms with Crippen LogP contribution in [0.5, 0.6) is 0 Å². The topological polar surface area (TPSA) is 145 Å². The molecule has 214 valence electrons. The van der Waals surface area contributed by atoms with Crippen molar-refractivity contribution in [3.63, 3.8) is 0 Å². The second-order valence-corrected chi connectivity index (χ2v) is 13.3. The van der Waals surface area contributed by atoms with Crippen molar-refractivity contribution in [1.82, 2.24) is 9.80 Å². The Morgan fingerprint density at radius 3 is 2.05 bits per heavy atom. The number of piperazine rings is 1. The average Bonchev–Trinajstić information content (AvgIpc) is 2.95. The molecular weight excluding hydrogens is 576 g/mol. The van der Waals surface area contributed by atoms with E-state index in [9.17, 15) is 16.8 Å². The highest BCUT2D eigenvalue weighted by atomic mass is 35.5. The van der Waals surface area contributed by atoms with E-state index >= 15 is 0 Å². The number of fused-ring (bicyclic) bond motifs is 2. The predicted molar refractivity (Wildman–Crippen MR) is 149 cm³/mol. The third kappa shape index (κ3) is 13.7. The second-order valence-electron chi connectivity index (χ2n) is 8.83. The normalized spacial score (nSPS) is 18.1. The number of rotatable bonds is 6. The van der Waals surface area contributed by atoms with E-state index in [1.807, 2.05) is 17.8 Å². The van der Waals surface area contributed by atoms with Gasteiger partial charge >= 0.3 is 0 Å². The van der Waals surface area contributed by atoms with Crippen LogP contribution < -0.4 is 0 Å². The highest BCUT2D eigenvalue weighted by molar-refractivity contribution is 7.99. The molecule has 0 aliphatic carbocycles. The lowest BCUT2D eigenvalue weighted by Crippen LogP contribution is -2.48. The first-order valence-electron chi connectivity index (χ1n) is 11.8. The minimum Gasteiger partial charge on any atom is -0.395 e. The lowest BCUT2D eigenvalue weighted by Gasteiger charge is -2.34. The highest BCUT2D eigenvalue weighted by Crippen LogP contribution is 2.42. The zero-order valence-corrected chi connectivity index (χ0v) is 24.6. The molecule has 0 spiro atoms. The molecular formula is C24H35ClN2O8S3. The van der Waals surface area contributed by atoms with Gasteiger partial charge in [-0.2, -0.15) is 16.8 Å². The largest absolute Gasteiger partial charge is 0.395 e. The quantitative estimate of drug-likeness (QED) is 0.415. The summed E-state index contributed by atoms with van der Waals surface area (Å²) in [5.41, 5.74) is 2.53. The zero-order chi connectivity index (χ0) is 28.3. The van der Waals surface area contributed by atoms with Crippen LogP contribution in [0.3, 0.4) is 0 Å². The zero-order valence-electron chi connectivity index (χ0n) is 21.4. The first kappa shape index (κ1) is 32.9. The van der Waals surface area contributed by atoms with Crippen molar-refractivity contribution >= 4 is 43.6 Å². The lowest BCUT2D eigenvalue weighted by molar-refractivity contribution is 0.0240. The van der Waals surface area contributed by atoms with Gasteiger partial charge in [-0.15, -0.1) is 0 Å². The second kappa shape index (κ2) is 15.5. The number of β-amino-alcohol motifs (C(OH)–C–C–N with tert-alkyl or cyclic N) is 1. The number of benzene rings is 2. The highest BCUT2D eigenvalue weighted by Gasteiger charge is 2.24. The van der Waals surface area contributed by atoms with E-state index in [0.717, 1.165) is 50.7 Å². The number of nitrogens with zero attached hydrogens (tertiary/aromatic N) is 2. The van der Waals surface area contributed by atoms with Gasteiger partial charge in [-0.3, -0.25) is 18.9 Å². The number of aliphatic hydroxyl groups excluding tert-OH is 1. The Labute approximate surface area is 234 Å². The molecule has 2 aromatic carbocycles. The van der Waals surface area contributed by atoms with E-state index < -0.39 is 20.2 Å². The summed E-state index contributed by atoms with van der Waals surface area (Å²) >= 11 is 8.11. The molecule has 1 saturated heterocycles. The Balaban J connectivity index is 0.000000435. The van der Waals surface area contributed by atoms with Crippen LogP contribution in [0.2, 0.25) is 5.02 Å². The van der Waals surface area contributed by atoms with E-state index in [1.54, 1.807) is 0 Å². The van der Waals surface area contributed by atoms with Gasteiger partial charge in [0.2, 0.25) is 0 Å². The average molecular weight is 611 g/mol. The number of hydrogen-bond donors (Lipinski definition) is 3. The first-order chi connectivity index (χ1) is 17.7. The van der Waals surface area contributed by atoms with E-state index in [2.05, 4.69) is 46.2 Å². The summed E-state index contributed by atoms with van der Waals surface area (Å²) in [5, 5.41) is 9.84. The summed E-state index contributed by atoms with van der Waals surface area (Å²) in [6.07, 6.45) is 2.33. The van der Waals surface area contributed by atoms with Crippen LogP contribution in [-0.2, 0) is 31.4 Å². The van der Waals surface area contributed by atoms with Gasteiger partial charge in [-0.1, -0.05) is 41.6 Å². The molecule has 2 aliphatic rings. The molecule has 10 nitrogen and oxygen atoms in total. The van der Waals surface area contributed by atoms with E-state index in [1.165, 1.54) is 20.9 Å². The molecule has 2 aliphatic heterocycles. The van der Waals surface area contributed by atoms with Crippen molar-refractivity contribution in [3.05, 3.63) is 58.6 Å². The van der Waals surface area contributed by atoms with Gasteiger partial charge in [0.15, 0.2) is 0 Å². The Hall–Kier alpha value is -1.26. The number of ether oxygens (including phenoxy) is 1. The molecule has 0 bridgehead atoms. The molecule has 14 heteroatoms. The van der Waals surface area contributed by atoms with Gasteiger partial charge in [0.25, 0.3) is 20.2 Å². The minimum absolute atomic E-state index is 0.0283. The van der Waals surface area contributed by atoms with Crippen LogP contribution in [0.4, 0.5) is 0 Å². The first-order valence-corrected chi connectivity index (χ1v) is 16.7. The molecule has 0 amide bonds. The molecule has 1 fully saturated rings. The van der Waals surface area contributed by atoms with Crippen LogP contribution in [0.25, 0.3) is 0 Å². The summed E-state index contributed by atoms with van der Waals surface area (Å²) in [6, 6.07) is 14.7. The maximum atomic E-state index is 9.19. The van der Waals surface area contributed by atoms with Gasteiger partial charge in [0, 0.05) is 60.5 Å². The Kier molecular flexibility index (Phi) is 13.4. The van der Waals surface area contributed by atoms with Gasteiger partial charge in [-0.25, -0.2) is 0 Å². The molecule has 0 radical (unpaired) electrons. The fourth-order valence-electron chi connectivity index (χ4n) is 3.91.